The summed E-state index contributed by atoms with van der Waals surface area (Å²) in [6, 6.07) is 4.81. The molecule has 0 saturated carbocycles. The van der Waals surface area contributed by atoms with Gasteiger partial charge >= 0.3 is 0 Å². The molecule has 0 saturated heterocycles. The van der Waals surface area contributed by atoms with Gasteiger partial charge in [-0.1, -0.05) is 15.9 Å². The van der Waals surface area contributed by atoms with Crippen LogP contribution in [0.25, 0.3) is 0 Å². The fraction of sp³-hybridized carbons (Fsp3) is 0.222. The van der Waals surface area contributed by atoms with Crippen molar-refractivity contribution in [2.45, 2.75) is 6.92 Å². The van der Waals surface area contributed by atoms with Crippen LogP contribution in [0.15, 0.2) is 22.7 Å². The van der Waals surface area contributed by atoms with E-state index in [4.69, 9.17) is 5.73 Å². The molecule has 3 N–H and O–H groups in total. The molecule has 1 amide bonds. The van der Waals surface area contributed by atoms with Crippen LogP contribution in [0.5, 0.6) is 0 Å². The summed E-state index contributed by atoms with van der Waals surface area (Å²) in [4.78, 5) is 11.5. The zero-order valence-corrected chi connectivity index (χ0v) is 9.28. The van der Waals surface area contributed by atoms with Gasteiger partial charge in [-0.2, -0.15) is 0 Å². The number of carbonyl (C=O) groups is 1. The molecule has 0 bridgehead atoms. The van der Waals surface area contributed by atoms with Crippen LogP contribution >= 0.6 is 15.9 Å². The molecule has 0 aliphatic rings. The van der Waals surface area contributed by atoms with E-state index in [2.05, 4.69) is 15.9 Å². The number of anilines is 1. The van der Waals surface area contributed by atoms with Crippen LogP contribution in [0.2, 0.25) is 0 Å². The molecule has 1 aromatic carbocycles. The first-order valence-corrected chi connectivity index (χ1v) is 4.90. The maximum Gasteiger partial charge on any atom is 0.277 e. The number of nitrogens with zero attached hydrogens (tertiary/aromatic N) is 1. The van der Waals surface area contributed by atoms with E-state index in [1.54, 1.807) is 19.1 Å². The topological polar surface area (TPSA) is 66.6 Å². The van der Waals surface area contributed by atoms with Crippen molar-refractivity contribution in [3.63, 3.8) is 0 Å². The number of benzene rings is 1. The maximum atomic E-state index is 11.5. The zero-order chi connectivity index (χ0) is 10.7. The molecule has 0 unspecified atom stereocenters. The van der Waals surface area contributed by atoms with Crippen molar-refractivity contribution in [1.82, 2.24) is 5.06 Å². The molecule has 0 aliphatic heterocycles. The van der Waals surface area contributed by atoms with E-state index < -0.39 is 5.91 Å². The van der Waals surface area contributed by atoms with Crippen LogP contribution in [-0.4, -0.2) is 22.7 Å². The fourth-order valence-corrected chi connectivity index (χ4v) is 1.54. The van der Waals surface area contributed by atoms with E-state index >= 15 is 0 Å². The number of hydrogen-bond acceptors (Lipinski definition) is 3. The predicted octanol–water partition coefficient (Wildman–Crippen LogP) is 1.88. The standard InChI is InChI=1S/C9H11BrN2O2/c1-2-12(14)9(13)6-3-7(10)5-8(11)4-6/h3-5,14H,2,11H2,1H3. The molecule has 0 aromatic heterocycles. The highest BCUT2D eigenvalue weighted by molar-refractivity contribution is 9.10. The van der Waals surface area contributed by atoms with Gasteiger partial charge in [0.05, 0.1) is 0 Å². The van der Waals surface area contributed by atoms with Crippen LogP contribution in [0.1, 0.15) is 17.3 Å². The van der Waals surface area contributed by atoms with E-state index in [0.29, 0.717) is 20.8 Å². The minimum absolute atomic E-state index is 0.241. The molecular weight excluding hydrogens is 248 g/mol. The van der Waals surface area contributed by atoms with Crippen molar-refractivity contribution in [3.8, 4) is 0 Å². The highest BCUT2D eigenvalue weighted by Gasteiger charge is 2.12. The lowest BCUT2D eigenvalue weighted by atomic mass is 10.2. The van der Waals surface area contributed by atoms with Crippen LogP contribution in [0, 0.1) is 0 Å². The Morgan fingerprint density at radius 3 is 2.71 bits per heavy atom. The van der Waals surface area contributed by atoms with Gasteiger partial charge in [0.1, 0.15) is 0 Å². The first-order chi connectivity index (χ1) is 6.54. The normalized spacial score (nSPS) is 9.93. The average Bonchev–Trinajstić information content (AvgIpc) is 2.14. The highest BCUT2D eigenvalue weighted by Crippen LogP contribution is 2.18. The van der Waals surface area contributed by atoms with E-state index in [1.165, 1.54) is 6.07 Å². The van der Waals surface area contributed by atoms with Gasteiger partial charge in [-0.3, -0.25) is 10.0 Å². The molecule has 0 spiro atoms. The van der Waals surface area contributed by atoms with Gasteiger partial charge in [-0.15, -0.1) is 0 Å². The fourth-order valence-electron chi connectivity index (χ4n) is 1.03. The Balaban J connectivity index is 3.01. The Bertz CT molecular complexity index is 334. The van der Waals surface area contributed by atoms with Crippen LogP contribution in [0.4, 0.5) is 5.69 Å². The Morgan fingerprint density at radius 2 is 2.21 bits per heavy atom. The molecule has 5 heteroatoms. The Hall–Kier alpha value is -1.07. The SMILES string of the molecule is CCN(O)C(=O)c1cc(N)cc(Br)c1. The average molecular weight is 259 g/mol. The first-order valence-electron chi connectivity index (χ1n) is 4.11. The van der Waals surface area contributed by atoms with Gasteiger partial charge in [0.15, 0.2) is 0 Å². The van der Waals surface area contributed by atoms with Gasteiger partial charge in [-0.05, 0) is 25.1 Å². The lowest BCUT2D eigenvalue weighted by molar-refractivity contribution is -0.0541. The van der Waals surface area contributed by atoms with Crippen molar-refractivity contribution >= 4 is 27.5 Å². The molecule has 0 heterocycles. The third-order valence-corrected chi connectivity index (χ3v) is 2.16. The van der Waals surface area contributed by atoms with Gasteiger partial charge in [0.25, 0.3) is 5.91 Å². The van der Waals surface area contributed by atoms with E-state index in [-0.39, 0.29) is 6.54 Å². The maximum absolute atomic E-state index is 11.5. The predicted molar refractivity (Wildman–Crippen MR) is 57.1 cm³/mol. The summed E-state index contributed by atoms with van der Waals surface area (Å²) in [5, 5.41) is 9.83. The van der Waals surface area contributed by atoms with Crippen LogP contribution < -0.4 is 5.73 Å². The second kappa shape index (κ2) is 4.43. The van der Waals surface area contributed by atoms with E-state index in [1.807, 2.05) is 0 Å². The number of nitrogens with two attached hydrogens (primary N) is 1. The molecule has 0 atom stereocenters. The van der Waals surface area contributed by atoms with Crippen molar-refractivity contribution in [2.75, 3.05) is 12.3 Å². The second-order valence-corrected chi connectivity index (χ2v) is 3.71. The molecule has 1 rings (SSSR count). The number of hydrogen-bond donors (Lipinski definition) is 2. The van der Waals surface area contributed by atoms with Gasteiger partial charge in [0.2, 0.25) is 0 Å². The lowest BCUT2D eigenvalue weighted by Crippen LogP contribution is -2.26. The molecule has 0 fully saturated rings. The molecule has 14 heavy (non-hydrogen) atoms. The van der Waals surface area contributed by atoms with E-state index in [0.717, 1.165) is 0 Å². The molecular formula is C9H11BrN2O2. The number of carbonyl (C=O) groups excluding carboxylic acids is 1. The number of nitrogen functional groups attached to an aromatic ring is 1. The van der Waals surface area contributed by atoms with Crippen LogP contribution in [0.3, 0.4) is 0 Å². The molecule has 0 radical (unpaired) electrons. The third-order valence-electron chi connectivity index (χ3n) is 1.70. The van der Waals surface area contributed by atoms with E-state index in [9.17, 15) is 10.0 Å². The van der Waals surface area contributed by atoms with Crippen molar-refractivity contribution in [2.24, 2.45) is 0 Å². The molecule has 1 aromatic rings. The summed E-state index contributed by atoms with van der Waals surface area (Å²) in [6.45, 7) is 1.92. The minimum atomic E-state index is -0.458. The minimum Gasteiger partial charge on any atom is -0.399 e. The van der Waals surface area contributed by atoms with Crippen molar-refractivity contribution in [1.29, 1.82) is 0 Å². The second-order valence-electron chi connectivity index (χ2n) is 2.79. The smallest absolute Gasteiger partial charge is 0.277 e. The van der Waals surface area contributed by atoms with Gasteiger partial charge in [-0.25, -0.2) is 5.06 Å². The van der Waals surface area contributed by atoms with Crippen molar-refractivity contribution in [3.05, 3.63) is 28.2 Å². The van der Waals surface area contributed by atoms with Crippen LogP contribution in [-0.2, 0) is 0 Å². The Morgan fingerprint density at radius 1 is 1.57 bits per heavy atom. The monoisotopic (exact) mass is 258 g/mol. The third kappa shape index (κ3) is 2.46. The first kappa shape index (κ1) is 11.0. The van der Waals surface area contributed by atoms with Gasteiger partial charge < -0.3 is 5.73 Å². The summed E-state index contributed by atoms with van der Waals surface area (Å²) in [7, 11) is 0. The summed E-state index contributed by atoms with van der Waals surface area (Å²) in [6.07, 6.45) is 0. The largest absolute Gasteiger partial charge is 0.399 e. The molecule has 0 aliphatic carbocycles. The summed E-state index contributed by atoms with van der Waals surface area (Å²) >= 11 is 3.22. The summed E-state index contributed by atoms with van der Waals surface area (Å²) in [5.41, 5.74) is 6.40. The summed E-state index contributed by atoms with van der Waals surface area (Å²) < 4.78 is 0.713. The molecule has 76 valence electrons. The number of halogens is 1. The zero-order valence-electron chi connectivity index (χ0n) is 7.70. The quantitative estimate of drug-likeness (QED) is 0.484. The van der Waals surface area contributed by atoms with Crippen molar-refractivity contribution < 1.29 is 10.0 Å². The number of rotatable bonds is 2. The number of hydroxylamine groups is 2. The number of amides is 1. The summed E-state index contributed by atoms with van der Waals surface area (Å²) in [5.74, 6) is -0.458. The lowest BCUT2D eigenvalue weighted by Gasteiger charge is -2.12. The Labute approximate surface area is 90.4 Å². The highest BCUT2D eigenvalue weighted by atomic mass is 79.9. The molecule has 4 nitrogen and oxygen atoms in total. The Kier molecular flexibility index (Phi) is 3.49. The van der Waals surface area contributed by atoms with Gasteiger partial charge in [0, 0.05) is 22.3 Å².